The van der Waals surface area contributed by atoms with Gasteiger partial charge in [0, 0.05) is 6.54 Å². The third kappa shape index (κ3) is 3.87. The van der Waals surface area contributed by atoms with Gasteiger partial charge in [0.2, 0.25) is 0 Å². The van der Waals surface area contributed by atoms with E-state index in [-0.39, 0.29) is 23.8 Å². The summed E-state index contributed by atoms with van der Waals surface area (Å²) < 4.78 is 30.0. The maximum atomic E-state index is 11.5. The molecule has 16 heavy (non-hydrogen) atoms. The van der Waals surface area contributed by atoms with Gasteiger partial charge in [0.15, 0.2) is 9.72 Å². The van der Waals surface area contributed by atoms with E-state index in [1.54, 1.807) is 6.92 Å². The van der Waals surface area contributed by atoms with E-state index in [4.69, 9.17) is 0 Å². The van der Waals surface area contributed by atoms with Crippen molar-refractivity contribution in [3.63, 3.8) is 0 Å². The fourth-order valence-corrected chi connectivity index (χ4v) is 2.63. The van der Waals surface area contributed by atoms with Gasteiger partial charge >= 0.3 is 5.97 Å². The molecule has 0 spiro atoms. The van der Waals surface area contributed by atoms with Crippen molar-refractivity contribution < 1.29 is 17.9 Å². The van der Waals surface area contributed by atoms with Crippen molar-refractivity contribution in [1.82, 2.24) is 9.71 Å². The van der Waals surface area contributed by atoms with Gasteiger partial charge in [-0.1, -0.05) is 11.3 Å². The molecule has 0 saturated carbocycles. The Morgan fingerprint density at radius 1 is 1.69 bits per heavy atom. The topological polar surface area (TPSA) is 85.4 Å². The van der Waals surface area contributed by atoms with Crippen LogP contribution in [0.2, 0.25) is 0 Å². The van der Waals surface area contributed by atoms with Crippen LogP contribution in [-0.2, 0) is 19.6 Å². The quantitative estimate of drug-likeness (QED) is 0.740. The van der Waals surface area contributed by atoms with Gasteiger partial charge in [-0.3, -0.25) is 4.79 Å². The lowest BCUT2D eigenvalue weighted by molar-refractivity contribution is -0.142. The Bertz CT molecular complexity index is 427. The van der Waals surface area contributed by atoms with Gasteiger partial charge in [0.25, 0.3) is 10.0 Å². The average Bonchev–Trinajstić information content (AvgIpc) is 2.71. The first-order chi connectivity index (χ1) is 7.56. The van der Waals surface area contributed by atoms with Crippen LogP contribution in [-0.4, -0.2) is 32.5 Å². The summed E-state index contributed by atoms with van der Waals surface area (Å²) in [6.45, 7) is 1.99. The summed E-state index contributed by atoms with van der Waals surface area (Å²) in [5, 5.41) is 0. The first-order valence-corrected chi connectivity index (χ1v) is 6.83. The molecule has 0 fully saturated rings. The first kappa shape index (κ1) is 13.1. The number of carbonyl (C=O) groups excluding carboxylic acids is 1. The first-order valence-electron chi connectivity index (χ1n) is 4.53. The van der Waals surface area contributed by atoms with Crippen molar-refractivity contribution in [2.24, 2.45) is 0 Å². The third-order valence-electron chi connectivity index (χ3n) is 1.56. The highest BCUT2D eigenvalue weighted by Gasteiger charge is 2.15. The van der Waals surface area contributed by atoms with Crippen LogP contribution in [0.5, 0.6) is 0 Å². The second-order valence-corrected chi connectivity index (χ2v) is 5.54. The number of rotatable bonds is 6. The Hall–Kier alpha value is -0.990. The number of carbonyl (C=O) groups is 1. The zero-order valence-corrected chi connectivity index (χ0v) is 10.2. The second kappa shape index (κ2) is 5.92. The van der Waals surface area contributed by atoms with Crippen molar-refractivity contribution in [2.75, 3.05) is 13.2 Å². The molecule has 1 rings (SSSR count). The number of nitrogens with zero attached hydrogens (tertiary/aromatic N) is 1. The van der Waals surface area contributed by atoms with Crippen LogP contribution in [0.4, 0.5) is 0 Å². The van der Waals surface area contributed by atoms with Crippen LogP contribution >= 0.6 is 11.3 Å². The van der Waals surface area contributed by atoms with E-state index in [2.05, 4.69) is 20.0 Å². The number of hydrogen-bond acceptors (Lipinski definition) is 6. The third-order valence-corrected chi connectivity index (χ3v) is 4.19. The smallest absolute Gasteiger partial charge is 0.307 e. The molecule has 1 radical (unpaired) electrons. The maximum absolute atomic E-state index is 11.5. The van der Waals surface area contributed by atoms with Crippen LogP contribution in [0.3, 0.4) is 0 Å². The highest BCUT2D eigenvalue weighted by molar-refractivity contribution is 7.91. The number of thiazole rings is 1. The van der Waals surface area contributed by atoms with Crippen LogP contribution in [0.15, 0.2) is 10.4 Å². The zero-order valence-electron chi connectivity index (χ0n) is 8.60. The number of aromatic nitrogens is 1. The molecular weight excluding hydrogens is 252 g/mol. The molecule has 1 aromatic rings. The molecule has 89 valence electrons. The standard InChI is InChI=1S/C8H11N2O4S2/c1-2-14-7(11)3-4-10-16(12,13)8-5-9-6-15-8/h5,10H,2-4H2,1H3. The Morgan fingerprint density at radius 2 is 2.44 bits per heavy atom. The summed E-state index contributed by atoms with van der Waals surface area (Å²) in [7, 11) is -3.56. The summed E-state index contributed by atoms with van der Waals surface area (Å²) in [4.78, 5) is 14.5. The molecule has 0 saturated heterocycles. The lowest BCUT2D eigenvalue weighted by Gasteiger charge is -2.03. The van der Waals surface area contributed by atoms with Crippen molar-refractivity contribution in [2.45, 2.75) is 17.6 Å². The molecule has 0 unspecified atom stereocenters. The average molecular weight is 263 g/mol. The summed E-state index contributed by atoms with van der Waals surface area (Å²) >= 11 is 0.896. The lowest BCUT2D eigenvalue weighted by atomic mass is 10.4. The van der Waals surface area contributed by atoms with Crippen molar-refractivity contribution in [3.8, 4) is 0 Å². The fourth-order valence-electron chi connectivity index (χ4n) is 0.893. The Balaban J connectivity index is 2.41. The van der Waals surface area contributed by atoms with Crippen molar-refractivity contribution in [1.29, 1.82) is 0 Å². The van der Waals surface area contributed by atoms with E-state index >= 15 is 0 Å². The molecule has 0 aliphatic rings. The van der Waals surface area contributed by atoms with Crippen molar-refractivity contribution >= 4 is 27.3 Å². The molecule has 1 N–H and O–H groups in total. The lowest BCUT2D eigenvalue weighted by Crippen LogP contribution is -2.26. The molecule has 0 atom stereocenters. The second-order valence-electron chi connectivity index (χ2n) is 2.72. The highest BCUT2D eigenvalue weighted by atomic mass is 32.2. The van der Waals surface area contributed by atoms with Gasteiger partial charge in [-0.15, -0.1) is 0 Å². The maximum Gasteiger partial charge on any atom is 0.307 e. The molecule has 1 heterocycles. The number of sulfonamides is 1. The fraction of sp³-hybridized carbons (Fsp3) is 0.500. The van der Waals surface area contributed by atoms with E-state index in [0.29, 0.717) is 0 Å². The molecule has 0 aromatic carbocycles. The molecule has 0 bridgehead atoms. The Morgan fingerprint density at radius 3 is 3.00 bits per heavy atom. The zero-order chi connectivity index (χ0) is 12.0. The minimum Gasteiger partial charge on any atom is -0.466 e. The number of esters is 1. The highest BCUT2D eigenvalue weighted by Crippen LogP contribution is 2.12. The van der Waals surface area contributed by atoms with E-state index in [1.165, 1.54) is 6.20 Å². The van der Waals surface area contributed by atoms with E-state index in [9.17, 15) is 13.2 Å². The van der Waals surface area contributed by atoms with Gasteiger partial charge in [-0.25, -0.2) is 18.1 Å². The van der Waals surface area contributed by atoms with Crippen LogP contribution in [0.25, 0.3) is 0 Å². The molecule has 8 heteroatoms. The van der Waals surface area contributed by atoms with Gasteiger partial charge < -0.3 is 4.74 Å². The summed E-state index contributed by atoms with van der Waals surface area (Å²) in [5.74, 6) is -0.430. The van der Waals surface area contributed by atoms with Gasteiger partial charge in [0.1, 0.15) is 0 Å². The van der Waals surface area contributed by atoms with Crippen LogP contribution in [0, 0.1) is 5.51 Å². The number of ether oxygens (including phenoxy) is 1. The number of hydrogen-bond donors (Lipinski definition) is 1. The monoisotopic (exact) mass is 263 g/mol. The van der Waals surface area contributed by atoms with Crippen molar-refractivity contribution in [3.05, 3.63) is 11.7 Å². The van der Waals surface area contributed by atoms with Gasteiger partial charge in [-0.05, 0) is 6.92 Å². The minimum atomic E-state index is -3.56. The van der Waals surface area contributed by atoms with E-state index in [0.717, 1.165) is 11.3 Å². The van der Waals surface area contributed by atoms with E-state index in [1.807, 2.05) is 0 Å². The van der Waals surface area contributed by atoms with Crippen LogP contribution in [0.1, 0.15) is 13.3 Å². The largest absolute Gasteiger partial charge is 0.466 e. The minimum absolute atomic E-state index is 0.00951. The number of nitrogens with one attached hydrogen (secondary N) is 1. The molecule has 1 aromatic heterocycles. The predicted octanol–water partition coefficient (Wildman–Crippen LogP) is 0.175. The van der Waals surface area contributed by atoms with Gasteiger partial charge in [-0.2, -0.15) is 0 Å². The molecule has 0 amide bonds. The van der Waals surface area contributed by atoms with Crippen LogP contribution < -0.4 is 4.72 Å². The molecule has 0 aliphatic carbocycles. The summed E-state index contributed by atoms with van der Waals surface area (Å²) in [6, 6.07) is 0. The summed E-state index contributed by atoms with van der Waals surface area (Å²) in [5.41, 5.74) is 2.44. The Kier molecular flexibility index (Phi) is 4.84. The summed E-state index contributed by atoms with van der Waals surface area (Å²) in [6.07, 6.45) is 1.22. The Labute approximate surface area is 97.7 Å². The SMILES string of the molecule is CCOC(=O)CCNS(=O)(=O)c1cn[c]s1. The molecule has 0 aliphatic heterocycles. The normalized spacial score (nSPS) is 11.3. The molecule has 6 nitrogen and oxygen atoms in total. The molecular formula is C8H11N2O4S2. The van der Waals surface area contributed by atoms with Gasteiger partial charge in [0.05, 0.1) is 19.2 Å². The predicted molar refractivity (Wildman–Crippen MR) is 57.4 cm³/mol. The van der Waals surface area contributed by atoms with E-state index < -0.39 is 16.0 Å².